The van der Waals surface area contributed by atoms with Crippen LogP contribution in [0.1, 0.15) is 0 Å². The van der Waals surface area contributed by atoms with Crippen LogP contribution in [0.15, 0.2) is 59.4 Å². The number of nitrogens with zero attached hydrogens (tertiary/aromatic N) is 4. The van der Waals surface area contributed by atoms with Crippen LogP contribution in [0.4, 0.5) is 5.69 Å². The molecule has 8 nitrogen and oxygen atoms in total. The van der Waals surface area contributed by atoms with Crippen molar-refractivity contribution in [1.29, 1.82) is 0 Å². The number of amides is 1. The van der Waals surface area contributed by atoms with Gasteiger partial charge >= 0.3 is 0 Å². The van der Waals surface area contributed by atoms with Crippen molar-refractivity contribution in [2.75, 3.05) is 12.4 Å². The summed E-state index contributed by atoms with van der Waals surface area (Å²) < 4.78 is 14.8. The molecule has 0 saturated carbocycles. The predicted molar refractivity (Wildman–Crippen MR) is 107 cm³/mol. The van der Waals surface area contributed by atoms with Crippen LogP contribution in [0.3, 0.4) is 0 Å². The number of methoxy groups -OCH3 is 1. The van der Waals surface area contributed by atoms with Gasteiger partial charge in [-0.1, -0.05) is 18.2 Å². The fourth-order valence-corrected chi connectivity index (χ4v) is 3.34. The van der Waals surface area contributed by atoms with Gasteiger partial charge in [0.15, 0.2) is 0 Å². The third-order valence-electron chi connectivity index (χ3n) is 4.10. The Kier molecular flexibility index (Phi) is 4.81. The summed E-state index contributed by atoms with van der Waals surface area (Å²) in [7, 11) is 1.57. The molecule has 0 atom stereocenters. The number of hydrogen-bond donors (Lipinski definition) is 1. The average molecular weight is 393 g/mol. The fraction of sp³-hybridized carbons (Fsp3) is 0.105. The Morgan fingerprint density at radius 3 is 2.82 bits per heavy atom. The molecule has 0 spiro atoms. The molecule has 1 N–H and O–H groups in total. The highest BCUT2D eigenvalue weighted by Crippen LogP contribution is 2.27. The Morgan fingerprint density at radius 1 is 1.11 bits per heavy atom. The van der Waals surface area contributed by atoms with Crippen LogP contribution < -0.4 is 15.6 Å². The fourth-order valence-electron chi connectivity index (χ4n) is 2.79. The summed E-state index contributed by atoms with van der Waals surface area (Å²) in [6.07, 6.45) is 0. The first kappa shape index (κ1) is 17.8. The van der Waals surface area contributed by atoms with Crippen molar-refractivity contribution < 1.29 is 9.53 Å². The number of nitrogens with one attached hydrogen (secondary N) is 1. The summed E-state index contributed by atoms with van der Waals surface area (Å²) in [5, 5.41) is 7.09. The van der Waals surface area contributed by atoms with E-state index in [4.69, 9.17) is 4.74 Å². The molecule has 4 aromatic rings. The van der Waals surface area contributed by atoms with Crippen LogP contribution in [0.5, 0.6) is 5.75 Å². The normalized spacial score (nSPS) is 10.8. The third-order valence-corrected chi connectivity index (χ3v) is 4.65. The molecule has 0 fully saturated rings. The second-order valence-corrected chi connectivity index (χ2v) is 6.43. The van der Waals surface area contributed by atoms with Gasteiger partial charge < -0.3 is 10.1 Å². The number of carbonyl (C=O) groups is 1. The molecule has 28 heavy (non-hydrogen) atoms. The number of carbonyl (C=O) groups excluding carboxylic acids is 1. The summed E-state index contributed by atoms with van der Waals surface area (Å²) in [5.74, 6) is 0.250. The quantitative estimate of drug-likeness (QED) is 0.559. The Bertz CT molecular complexity index is 1220. The van der Waals surface area contributed by atoms with E-state index in [0.717, 1.165) is 22.0 Å². The van der Waals surface area contributed by atoms with Gasteiger partial charge in [-0.2, -0.15) is 13.8 Å². The van der Waals surface area contributed by atoms with E-state index in [1.807, 2.05) is 30.3 Å². The Labute approximate surface area is 163 Å². The standard InChI is InChI=1S/C19H15N5O3S/c1-27-16-8-3-2-5-12(16)13-9-10-18(26)24(21-13)11-17(25)20-14-6-4-7-15-19(14)23-28-22-15/h2-10H,11H2,1H3,(H,20,25). The zero-order valence-corrected chi connectivity index (χ0v) is 15.6. The molecule has 2 aromatic carbocycles. The van der Waals surface area contributed by atoms with E-state index in [2.05, 4.69) is 19.2 Å². The summed E-state index contributed by atoms with van der Waals surface area (Å²) >= 11 is 1.07. The Balaban J connectivity index is 1.60. The second kappa shape index (κ2) is 7.57. The number of benzene rings is 2. The molecule has 0 bridgehead atoms. The van der Waals surface area contributed by atoms with E-state index in [-0.39, 0.29) is 18.0 Å². The summed E-state index contributed by atoms with van der Waals surface area (Å²) in [6, 6.07) is 15.7. The second-order valence-electron chi connectivity index (χ2n) is 5.90. The molecule has 0 aliphatic rings. The lowest BCUT2D eigenvalue weighted by Gasteiger charge is -2.10. The van der Waals surface area contributed by atoms with Crippen molar-refractivity contribution in [3.8, 4) is 17.0 Å². The van der Waals surface area contributed by atoms with Crippen molar-refractivity contribution in [3.05, 3.63) is 65.0 Å². The monoisotopic (exact) mass is 393 g/mol. The number of aromatic nitrogens is 4. The highest BCUT2D eigenvalue weighted by atomic mass is 32.1. The summed E-state index contributed by atoms with van der Waals surface area (Å²) in [4.78, 5) is 24.7. The number of rotatable bonds is 5. The predicted octanol–water partition coefficient (Wildman–Crippen LogP) is 2.56. The molecule has 0 aliphatic carbocycles. The Hall–Kier alpha value is -3.59. The zero-order chi connectivity index (χ0) is 19.5. The van der Waals surface area contributed by atoms with E-state index in [9.17, 15) is 9.59 Å². The molecule has 0 aliphatic heterocycles. The van der Waals surface area contributed by atoms with Gasteiger partial charge in [-0.25, -0.2) is 4.68 Å². The van der Waals surface area contributed by atoms with E-state index in [1.54, 1.807) is 25.3 Å². The molecule has 0 radical (unpaired) electrons. The molecule has 0 saturated heterocycles. The lowest BCUT2D eigenvalue weighted by Crippen LogP contribution is -2.29. The zero-order valence-electron chi connectivity index (χ0n) is 14.8. The van der Waals surface area contributed by atoms with Crippen LogP contribution in [0.2, 0.25) is 0 Å². The van der Waals surface area contributed by atoms with Crippen LogP contribution in [0, 0.1) is 0 Å². The largest absolute Gasteiger partial charge is 0.496 e. The van der Waals surface area contributed by atoms with Gasteiger partial charge in [0.05, 0.1) is 30.2 Å². The lowest BCUT2D eigenvalue weighted by atomic mass is 10.1. The van der Waals surface area contributed by atoms with E-state index < -0.39 is 0 Å². The number of ether oxygens (including phenoxy) is 1. The smallest absolute Gasteiger partial charge is 0.267 e. The summed E-state index contributed by atoms with van der Waals surface area (Å²) in [6.45, 7) is -0.226. The minimum Gasteiger partial charge on any atom is -0.496 e. The van der Waals surface area contributed by atoms with Crippen LogP contribution >= 0.6 is 11.7 Å². The molecular formula is C19H15N5O3S. The average Bonchev–Trinajstić information content (AvgIpc) is 3.19. The van der Waals surface area contributed by atoms with Crippen molar-refractivity contribution in [3.63, 3.8) is 0 Å². The number of para-hydroxylation sites is 1. The maximum absolute atomic E-state index is 12.5. The molecule has 140 valence electrons. The highest BCUT2D eigenvalue weighted by Gasteiger charge is 2.13. The molecule has 2 heterocycles. The van der Waals surface area contributed by atoms with Gasteiger partial charge in [0, 0.05) is 11.6 Å². The molecule has 4 rings (SSSR count). The first-order chi connectivity index (χ1) is 13.7. The molecule has 2 aromatic heterocycles. The molecule has 9 heteroatoms. The van der Waals surface area contributed by atoms with Gasteiger partial charge in [0.1, 0.15) is 23.3 Å². The minimum atomic E-state index is -0.382. The Morgan fingerprint density at radius 2 is 1.96 bits per heavy atom. The summed E-state index contributed by atoms with van der Waals surface area (Å²) in [5.41, 5.74) is 2.76. The van der Waals surface area contributed by atoms with Crippen molar-refractivity contribution >= 4 is 34.4 Å². The van der Waals surface area contributed by atoms with Crippen molar-refractivity contribution in [2.45, 2.75) is 6.54 Å². The molecular weight excluding hydrogens is 378 g/mol. The van der Waals surface area contributed by atoms with Gasteiger partial charge in [-0.15, -0.1) is 0 Å². The lowest BCUT2D eigenvalue weighted by molar-refractivity contribution is -0.117. The molecule has 0 unspecified atom stereocenters. The first-order valence-electron chi connectivity index (χ1n) is 8.38. The minimum absolute atomic E-state index is 0.226. The first-order valence-corrected chi connectivity index (χ1v) is 9.11. The molecule has 1 amide bonds. The van der Waals surface area contributed by atoms with Gasteiger partial charge in [0.25, 0.3) is 5.56 Å². The highest BCUT2D eigenvalue weighted by molar-refractivity contribution is 7.00. The van der Waals surface area contributed by atoms with Crippen LogP contribution in [0.25, 0.3) is 22.3 Å². The topological polar surface area (TPSA) is 99.0 Å². The maximum atomic E-state index is 12.5. The number of anilines is 1. The number of fused-ring (bicyclic) bond motifs is 1. The van der Waals surface area contributed by atoms with E-state index >= 15 is 0 Å². The van der Waals surface area contributed by atoms with Gasteiger partial charge in [-0.3, -0.25) is 9.59 Å². The van der Waals surface area contributed by atoms with Gasteiger partial charge in [-0.05, 0) is 30.3 Å². The number of hydrogen-bond acceptors (Lipinski definition) is 7. The van der Waals surface area contributed by atoms with Crippen molar-refractivity contribution in [2.24, 2.45) is 0 Å². The van der Waals surface area contributed by atoms with E-state index in [1.165, 1.54) is 6.07 Å². The van der Waals surface area contributed by atoms with Crippen molar-refractivity contribution in [1.82, 2.24) is 18.5 Å². The van der Waals surface area contributed by atoms with Crippen LogP contribution in [-0.4, -0.2) is 31.5 Å². The van der Waals surface area contributed by atoms with Crippen LogP contribution in [-0.2, 0) is 11.3 Å². The van der Waals surface area contributed by atoms with E-state index in [0.29, 0.717) is 28.2 Å². The maximum Gasteiger partial charge on any atom is 0.267 e. The van der Waals surface area contributed by atoms with Gasteiger partial charge in [0.2, 0.25) is 5.91 Å². The SMILES string of the molecule is COc1ccccc1-c1ccc(=O)n(CC(=O)Nc2cccc3nsnc23)n1. The third kappa shape index (κ3) is 3.47.